The molecule has 0 aliphatic rings. The highest BCUT2D eigenvalue weighted by atomic mass is 35.5. The lowest BCUT2D eigenvalue weighted by molar-refractivity contribution is -0.146. The number of aryl methyl sites for hydroxylation is 1. The first-order chi connectivity index (χ1) is 13.4. The number of amides is 1. The van der Waals surface area contributed by atoms with Gasteiger partial charge in [-0.2, -0.15) is 0 Å². The Balaban J connectivity index is 1.53. The van der Waals surface area contributed by atoms with E-state index in [-0.39, 0.29) is 12.5 Å². The van der Waals surface area contributed by atoms with Gasteiger partial charge < -0.3 is 10.1 Å². The highest BCUT2D eigenvalue weighted by Gasteiger charge is 2.18. The van der Waals surface area contributed by atoms with Crippen LogP contribution in [0.5, 0.6) is 0 Å². The molecule has 0 saturated carbocycles. The molecule has 1 N–H and O–H groups in total. The number of esters is 1. The summed E-state index contributed by atoms with van der Waals surface area (Å²) in [6, 6.07) is 13.7. The van der Waals surface area contributed by atoms with Crippen molar-refractivity contribution in [3.05, 3.63) is 75.8 Å². The fraction of sp³-hybridized carbons (Fsp3) is 0.190. The fourth-order valence-corrected chi connectivity index (χ4v) is 3.35. The average molecular weight is 415 g/mol. The van der Waals surface area contributed by atoms with Crippen molar-refractivity contribution in [2.75, 3.05) is 0 Å². The number of aromatic nitrogens is 1. The number of nitrogens with one attached hydrogen (secondary N) is 1. The van der Waals surface area contributed by atoms with Gasteiger partial charge in [0.15, 0.2) is 0 Å². The van der Waals surface area contributed by atoms with Gasteiger partial charge in [-0.3, -0.25) is 4.79 Å². The second-order valence-electron chi connectivity index (χ2n) is 6.32. The van der Waals surface area contributed by atoms with Crippen LogP contribution in [0.1, 0.15) is 28.5 Å². The largest absolute Gasteiger partial charge is 0.458 e. The van der Waals surface area contributed by atoms with Crippen LogP contribution in [0.3, 0.4) is 0 Å². The van der Waals surface area contributed by atoms with Crippen molar-refractivity contribution >= 4 is 34.8 Å². The number of benzene rings is 2. The number of nitrogens with zero attached hydrogens (tertiary/aromatic N) is 1. The highest BCUT2D eigenvalue weighted by molar-refractivity contribution is 7.13. The third-order valence-electron chi connectivity index (χ3n) is 4.02. The molecule has 28 heavy (non-hydrogen) atoms. The van der Waals surface area contributed by atoms with Crippen molar-refractivity contribution in [2.24, 2.45) is 0 Å². The minimum atomic E-state index is -0.779. The molecule has 1 amide bonds. The Morgan fingerprint density at radius 3 is 2.50 bits per heavy atom. The minimum Gasteiger partial charge on any atom is -0.458 e. The van der Waals surface area contributed by atoms with Gasteiger partial charge in [0.05, 0.1) is 5.69 Å². The molecule has 0 unspecified atom stereocenters. The first-order valence-electron chi connectivity index (χ1n) is 8.67. The Kier molecular flexibility index (Phi) is 6.44. The van der Waals surface area contributed by atoms with Gasteiger partial charge in [-0.15, -0.1) is 11.3 Å². The maximum Gasteiger partial charge on any atom is 0.328 e. The van der Waals surface area contributed by atoms with E-state index in [1.807, 2.05) is 36.6 Å². The molecule has 1 heterocycles. The van der Waals surface area contributed by atoms with E-state index in [2.05, 4.69) is 10.3 Å². The Labute approximate surface area is 172 Å². The predicted octanol–water partition coefficient (Wildman–Crippen LogP) is 4.63. The van der Waals surface area contributed by atoms with Gasteiger partial charge in [0.25, 0.3) is 5.91 Å². The van der Waals surface area contributed by atoms with E-state index >= 15 is 0 Å². The third kappa shape index (κ3) is 5.18. The molecule has 3 rings (SSSR count). The first-order valence-corrected chi connectivity index (χ1v) is 9.92. The van der Waals surface area contributed by atoms with Crippen molar-refractivity contribution in [2.45, 2.75) is 26.5 Å². The van der Waals surface area contributed by atoms with E-state index in [1.54, 1.807) is 31.2 Å². The minimum absolute atomic E-state index is 0.0579. The molecule has 1 aromatic heterocycles. The van der Waals surface area contributed by atoms with Crippen molar-refractivity contribution in [3.8, 4) is 10.6 Å². The van der Waals surface area contributed by atoms with Crippen LogP contribution in [-0.4, -0.2) is 22.9 Å². The molecule has 0 radical (unpaired) electrons. The maximum absolute atomic E-state index is 12.2. The number of hydrogen-bond donors (Lipinski definition) is 1. The van der Waals surface area contributed by atoms with E-state index in [9.17, 15) is 9.59 Å². The topological polar surface area (TPSA) is 68.3 Å². The monoisotopic (exact) mass is 414 g/mol. The van der Waals surface area contributed by atoms with Crippen LogP contribution in [0.2, 0.25) is 5.02 Å². The standard InChI is InChI=1S/C21H19ClN2O3S/c1-13-3-5-16(6-4-13)20-24-18(12-28-20)11-27-21(26)14(2)23-19(25)15-7-9-17(22)10-8-15/h3-10,12,14H,11H2,1-2H3,(H,23,25)/t14-/m0/s1. The Morgan fingerprint density at radius 2 is 1.82 bits per heavy atom. The second kappa shape index (κ2) is 8.99. The van der Waals surface area contributed by atoms with Crippen LogP contribution in [0.25, 0.3) is 10.6 Å². The van der Waals surface area contributed by atoms with Gasteiger partial charge in [-0.1, -0.05) is 41.4 Å². The summed E-state index contributed by atoms with van der Waals surface area (Å²) in [4.78, 5) is 28.8. The van der Waals surface area contributed by atoms with E-state index in [0.29, 0.717) is 16.3 Å². The number of rotatable bonds is 6. The van der Waals surface area contributed by atoms with Gasteiger partial charge in [0, 0.05) is 21.5 Å². The van der Waals surface area contributed by atoms with Gasteiger partial charge in [0.1, 0.15) is 17.7 Å². The van der Waals surface area contributed by atoms with Crippen molar-refractivity contribution in [3.63, 3.8) is 0 Å². The SMILES string of the molecule is Cc1ccc(-c2nc(COC(=O)[C@H](C)NC(=O)c3ccc(Cl)cc3)cs2)cc1. The smallest absolute Gasteiger partial charge is 0.328 e. The molecule has 0 fully saturated rings. The quantitative estimate of drug-likeness (QED) is 0.597. The van der Waals surface area contributed by atoms with E-state index in [1.165, 1.54) is 16.9 Å². The molecular weight excluding hydrogens is 396 g/mol. The summed E-state index contributed by atoms with van der Waals surface area (Å²) in [6.45, 7) is 3.67. The fourth-order valence-electron chi connectivity index (χ4n) is 2.41. The van der Waals surface area contributed by atoms with Crippen molar-refractivity contribution < 1.29 is 14.3 Å². The lowest BCUT2D eigenvalue weighted by atomic mass is 10.2. The molecule has 1 atom stereocenters. The summed E-state index contributed by atoms with van der Waals surface area (Å²) >= 11 is 7.30. The molecule has 0 aliphatic heterocycles. The van der Waals surface area contributed by atoms with Crippen LogP contribution in [0.4, 0.5) is 0 Å². The van der Waals surface area contributed by atoms with Crippen LogP contribution < -0.4 is 5.32 Å². The lowest BCUT2D eigenvalue weighted by Crippen LogP contribution is -2.39. The normalized spacial score (nSPS) is 11.7. The molecular formula is C21H19ClN2O3S. The Hall–Kier alpha value is -2.70. The van der Waals surface area contributed by atoms with E-state index < -0.39 is 12.0 Å². The number of carbonyl (C=O) groups excluding carboxylic acids is 2. The van der Waals surface area contributed by atoms with Crippen LogP contribution in [0.15, 0.2) is 53.9 Å². The number of ether oxygens (including phenoxy) is 1. The number of thiazole rings is 1. The van der Waals surface area contributed by atoms with E-state index in [4.69, 9.17) is 16.3 Å². The molecule has 0 saturated heterocycles. The number of carbonyl (C=O) groups is 2. The molecule has 144 valence electrons. The highest BCUT2D eigenvalue weighted by Crippen LogP contribution is 2.24. The number of halogens is 1. The average Bonchev–Trinajstić information content (AvgIpc) is 3.16. The Bertz CT molecular complexity index is 968. The molecule has 7 heteroatoms. The van der Waals surface area contributed by atoms with Crippen LogP contribution in [-0.2, 0) is 16.1 Å². The molecule has 0 bridgehead atoms. The summed E-state index contributed by atoms with van der Waals surface area (Å²) in [5.74, 6) is -0.886. The van der Waals surface area contributed by atoms with Gasteiger partial charge in [0.2, 0.25) is 0 Å². The number of hydrogen-bond acceptors (Lipinski definition) is 5. The predicted molar refractivity (Wildman–Crippen MR) is 110 cm³/mol. The first kappa shape index (κ1) is 20.0. The molecule has 0 spiro atoms. The summed E-state index contributed by atoms with van der Waals surface area (Å²) in [5, 5.41) is 5.88. The molecule has 2 aromatic carbocycles. The van der Waals surface area contributed by atoms with E-state index in [0.717, 1.165) is 10.6 Å². The molecule has 0 aliphatic carbocycles. The van der Waals surface area contributed by atoms with Gasteiger partial charge in [-0.25, -0.2) is 9.78 Å². The van der Waals surface area contributed by atoms with Crippen molar-refractivity contribution in [1.29, 1.82) is 0 Å². The maximum atomic E-state index is 12.2. The molecule has 5 nitrogen and oxygen atoms in total. The summed E-state index contributed by atoms with van der Waals surface area (Å²) in [7, 11) is 0. The lowest BCUT2D eigenvalue weighted by Gasteiger charge is -2.13. The zero-order valence-electron chi connectivity index (χ0n) is 15.4. The van der Waals surface area contributed by atoms with Gasteiger partial charge >= 0.3 is 5.97 Å². The van der Waals surface area contributed by atoms with Crippen LogP contribution >= 0.6 is 22.9 Å². The summed E-state index contributed by atoms with van der Waals surface area (Å²) in [6.07, 6.45) is 0. The zero-order valence-corrected chi connectivity index (χ0v) is 17.0. The Morgan fingerprint density at radius 1 is 1.14 bits per heavy atom. The van der Waals surface area contributed by atoms with Gasteiger partial charge in [-0.05, 0) is 38.1 Å². The van der Waals surface area contributed by atoms with Crippen LogP contribution in [0, 0.1) is 6.92 Å². The zero-order chi connectivity index (χ0) is 20.1. The third-order valence-corrected chi connectivity index (χ3v) is 5.21. The summed E-state index contributed by atoms with van der Waals surface area (Å²) in [5.41, 5.74) is 3.30. The second-order valence-corrected chi connectivity index (χ2v) is 7.61. The van der Waals surface area contributed by atoms with Crippen molar-refractivity contribution in [1.82, 2.24) is 10.3 Å². The molecule has 3 aromatic rings. The summed E-state index contributed by atoms with van der Waals surface area (Å²) < 4.78 is 5.28.